The van der Waals surface area contributed by atoms with E-state index in [0.29, 0.717) is 5.41 Å². The average Bonchev–Trinajstić information content (AvgIpc) is 2.17. The Hall–Kier alpha value is -0.990. The normalized spacial score (nSPS) is 25.9. The molecule has 1 aliphatic rings. The second-order valence-electron chi connectivity index (χ2n) is 5.49. The van der Waals surface area contributed by atoms with Crippen molar-refractivity contribution < 1.29 is 14.3 Å². The topological polar surface area (TPSA) is 35.5 Å². The molecule has 0 aliphatic heterocycles. The van der Waals surface area contributed by atoms with Gasteiger partial charge < -0.3 is 9.47 Å². The van der Waals surface area contributed by atoms with Crippen LogP contribution < -0.4 is 0 Å². The summed E-state index contributed by atoms with van der Waals surface area (Å²) < 4.78 is 9.70. The monoisotopic (exact) mass is 226 g/mol. The summed E-state index contributed by atoms with van der Waals surface area (Å²) in [5.41, 5.74) is 0.354. The van der Waals surface area contributed by atoms with Gasteiger partial charge in [0.25, 0.3) is 0 Å². The number of ether oxygens (including phenoxy) is 2. The molecule has 1 rings (SSSR count). The molecule has 0 atom stereocenters. The molecule has 1 fully saturated rings. The van der Waals surface area contributed by atoms with Crippen molar-refractivity contribution in [3.8, 4) is 0 Å². The summed E-state index contributed by atoms with van der Waals surface area (Å²) >= 11 is 0. The minimum atomic E-state index is -0.630. The Morgan fingerprint density at radius 2 is 1.81 bits per heavy atom. The molecule has 0 heterocycles. The van der Waals surface area contributed by atoms with Gasteiger partial charge in [-0.1, -0.05) is 27.4 Å². The van der Waals surface area contributed by atoms with Crippen LogP contribution in [-0.2, 0) is 9.47 Å². The SMILES string of the molecule is C=COC(=O)OC1CCC(C(C)(C)C)CC1. The third kappa shape index (κ3) is 3.87. The lowest BCUT2D eigenvalue weighted by molar-refractivity contribution is 0.0136. The van der Waals surface area contributed by atoms with Crippen LogP contribution in [0.4, 0.5) is 4.79 Å². The summed E-state index contributed by atoms with van der Waals surface area (Å²) in [6, 6.07) is 0. The van der Waals surface area contributed by atoms with E-state index in [9.17, 15) is 4.79 Å². The van der Waals surface area contributed by atoms with Crippen molar-refractivity contribution in [3.63, 3.8) is 0 Å². The molecule has 0 aromatic heterocycles. The third-order valence-corrected chi connectivity index (χ3v) is 3.34. The van der Waals surface area contributed by atoms with E-state index in [4.69, 9.17) is 4.74 Å². The maximum atomic E-state index is 11.1. The molecule has 0 spiro atoms. The first-order valence-corrected chi connectivity index (χ1v) is 5.91. The Bertz CT molecular complexity index is 244. The Morgan fingerprint density at radius 1 is 1.25 bits per heavy atom. The van der Waals surface area contributed by atoms with Crippen molar-refractivity contribution >= 4 is 6.16 Å². The summed E-state index contributed by atoms with van der Waals surface area (Å²) in [6.45, 7) is 10.1. The fourth-order valence-corrected chi connectivity index (χ4v) is 2.28. The highest BCUT2D eigenvalue weighted by Gasteiger charge is 2.31. The smallest absolute Gasteiger partial charge is 0.431 e. The van der Waals surface area contributed by atoms with Crippen LogP contribution >= 0.6 is 0 Å². The molecule has 0 amide bonds. The first kappa shape index (κ1) is 13.1. The molecule has 0 unspecified atom stereocenters. The number of hydrogen-bond donors (Lipinski definition) is 0. The van der Waals surface area contributed by atoms with E-state index < -0.39 is 6.16 Å². The molecule has 0 N–H and O–H groups in total. The van der Waals surface area contributed by atoms with E-state index in [1.54, 1.807) is 0 Å². The molecule has 1 aliphatic carbocycles. The van der Waals surface area contributed by atoms with E-state index in [1.807, 2.05) is 0 Å². The minimum Gasteiger partial charge on any atom is -0.431 e. The fraction of sp³-hybridized carbons (Fsp3) is 0.769. The summed E-state index contributed by atoms with van der Waals surface area (Å²) in [5.74, 6) is 0.725. The molecule has 0 bridgehead atoms. The number of rotatable bonds is 2. The van der Waals surface area contributed by atoms with Gasteiger partial charge in [-0.2, -0.15) is 0 Å². The fourth-order valence-electron chi connectivity index (χ4n) is 2.28. The summed E-state index contributed by atoms with van der Waals surface area (Å²) in [5, 5.41) is 0. The highest BCUT2D eigenvalue weighted by molar-refractivity contribution is 5.60. The van der Waals surface area contributed by atoms with Crippen molar-refractivity contribution in [2.24, 2.45) is 11.3 Å². The predicted octanol–water partition coefficient (Wildman–Crippen LogP) is 3.89. The van der Waals surface area contributed by atoms with Crippen LogP contribution in [-0.4, -0.2) is 12.3 Å². The second-order valence-corrected chi connectivity index (χ2v) is 5.49. The zero-order chi connectivity index (χ0) is 12.2. The Labute approximate surface area is 97.8 Å². The predicted molar refractivity (Wildman–Crippen MR) is 63.0 cm³/mol. The largest absolute Gasteiger partial charge is 0.513 e. The molecule has 0 aromatic rings. The molecular formula is C13H22O3. The average molecular weight is 226 g/mol. The van der Waals surface area contributed by atoms with Gasteiger partial charge >= 0.3 is 6.16 Å². The molecule has 3 heteroatoms. The van der Waals surface area contributed by atoms with Gasteiger partial charge in [0.2, 0.25) is 0 Å². The van der Waals surface area contributed by atoms with Crippen LogP contribution in [0.25, 0.3) is 0 Å². The van der Waals surface area contributed by atoms with Gasteiger partial charge in [0, 0.05) is 0 Å². The highest BCUT2D eigenvalue weighted by atomic mass is 16.7. The maximum absolute atomic E-state index is 11.1. The van der Waals surface area contributed by atoms with E-state index in [1.165, 1.54) is 0 Å². The second kappa shape index (κ2) is 5.37. The van der Waals surface area contributed by atoms with Crippen LogP contribution in [0.2, 0.25) is 0 Å². The zero-order valence-corrected chi connectivity index (χ0v) is 10.5. The van der Waals surface area contributed by atoms with Crippen LogP contribution in [0.15, 0.2) is 12.8 Å². The quantitative estimate of drug-likeness (QED) is 0.529. The Kier molecular flexibility index (Phi) is 4.39. The minimum absolute atomic E-state index is 0.0195. The first-order valence-electron chi connectivity index (χ1n) is 5.91. The molecule has 0 radical (unpaired) electrons. The molecule has 0 saturated heterocycles. The van der Waals surface area contributed by atoms with E-state index in [-0.39, 0.29) is 6.10 Å². The van der Waals surface area contributed by atoms with Crippen LogP contribution in [0, 0.1) is 11.3 Å². The van der Waals surface area contributed by atoms with Gasteiger partial charge in [-0.3, -0.25) is 0 Å². The number of hydrogen-bond acceptors (Lipinski definition) is 3. The number of carbonyl (C=O) groups excluding carboxylic acids is 1. The van der Waals surface area contributed by atoms with Gasteiger partial charge in [0.05, 0.1) is 6.26 Å². The van der Waals surface area contributed by atoms with Crippen LogP contribution in [0.1, 0.15) is 46.5 Å². The van der Waals surface area contributed by atoms with E-state index in [2.05, 4.69) is 32.1 Å². The Morgan fingerprint density at radius 3 is 2.25 bits per heavy atom. The lowest BCUT2D eigenvalue weighted by Gasteiger charge is -2.36. The van der Waals surface area contributed by atoms with Gasteiger partial charge in [-0.05, 0) is 37.0 Å². The van der Waals surface area contributed by atoms with Crippen molar-refractivity contribution in [2.45, 2.75) is 52.6 Å². The lowest BCUT2D eigenvalue weighted by atomic mass is 9.72. The van der Waals surface area contributed by atoms with Crippen LogP contribution in [0.5, 0.6) is 0 Å². The van der Waals surface area contributed by atoms with Crippen molar-refractivity contribution in [2.75, 3.05) is 0 Å². The van der Waals surface area contributed by atoms with Crippen molar-refractivity contribution in [1.29, 1.82) is 0 Å². The van der Waals surface area contributed by atoms with E-state index in [0.717, 1.165) is 37.9 Å². The Balaban J connectivity index is 2.32. The molecule has 92 valence electrons. The molecule has 3 nitrogen and oxygen atoms in total. The molecule has 1 saturated carbocycles. The van der Waals surface area contributed by atoms with Gasteiger partial charge in [0.1, 0.15) is 6.10 Å². The summed E-state index contributed by atoms with van der Waals surface area (Å²) in [4.78, 5) is 11.1. The third-order valence-electron chi connectivity index (χ3n) is 3.34. The summed E-state index contributed by atoms with van der Waals surface area (Å²) in [6.07, 6.45) is 4.61. The van der Waals surface area contributed by atoms with Gasteiger partial charge in [-0.25, -0.2) is 4.79 Å². The molecule has 16 heavy (non-hydrogen) atoms. The lowest BCUT2D eigenvalue weighted by Crippen LogP contribution is -2.30. The van der Waals surface area contributed by atoms with E-state index >= 15 is 0 Å². The molecule has 0 aromatic carbocycles. The zero-order valence-electron chi connectivity index (χ0n) is 10.5. The van der Waals surface area contributed by atoms with Crippen molar-refractivity contribution in [3.05, 3.63) is 12.8 Å². The van der Waals surface area contributed by atoms with Crippen LogP contribution in [0.3, 0.4) is 0 Å². The standard InChI is InChI=1S/C13H22O3/c1-5-15-12(14)16-11-8-6-10(7-9-11)13(2,3)4/h5,10-11H,1,6-9H2,2-4H3. The van der Waals surface area contributed by atoms with Gasteiger partial charge in [-0.15, -0.1) is 0 Å². The van der Waals surface area contributed by atoms with Crippen molar-refractivity contribution in [1.82, 2.24) is 0 Å². The molecular weight excluding hydrogens is 204 g/mol. The maximum Gasteiger partial charge on any atom is 0.513 e. The number of carbonyl (C=O) groups is 1. The summed E-state index contributed by atoms with van der Waals surface area (Å²) in [7, 11) is 0. The highest BCUT2D eigenvalue weighted by Crippen LogP contribution is 2.38. The van der Waals surface area contributed by atoms with Gasteiger partial charge in [0.15, 0.2) is 0 Å². The first-order chi connectivity index (χ1) is 7.43.